The van der Waals surface area contributed by atoms with Gasteiger partial charge in [0.2, 0.25) is 0 Å². The van der Waals surface area contributed by atoms with Crippen molar-refractivity contribution in [1.29, 1.82) is 0 Å². The lowest BCUT2D eigenvalue weighted by Gasteiger charge is -2.34. The molecule has 2 atom stereocenters. The Morgan fingerprint density at radius 3 is 2.67 bits per heavy atom. The standard InChI is InChI=1S/C12H14ClF3N2/c13-11-10(6-3-7-17-11)18-9-5-2-1-4-8(9)12(14,15)16/h3,6-9,18H,1-2,4-5H2. The molecule has 2 rings (SSSR count). The van der Waals surface area contributed by atoms with E-state index in [0.29, 0.717) is 18.5 Å². The van der Waals surface area contributed by atoms with Gasteiger partial charge in [-0.3, -0.25) is 0 Å². The van der Waals surface area contributed by atoms with Crippen LogP contribution in [0.5, 0.6) is 0 Å². The fourth-order valence-corrected chi connectivity index (χ4v) is 2.56. The number of hydrogen-bond acceptors (Lipinski definition) is 2. The van der Waals surface area contributed by atoms with Crippen LogP contribution in [0.2, 0.25) is 5.15 Å². The van der Waals surface area contributed by atoms with Crippen molar-refractivity contribution in [2.45, 2.75) is 37.9 Å². The second kappa shape index (κ2) is 5.34. The molecule has 0 aliphatic heterocycles. The highest BCUT2D eigenvalue weighted by molar-refractivity contribution is 6.31. The van der Waals surface area contributed by atoms with Gasteiger partial charge < -0.3 is 5.32 Å². The number of hydrogen-bond donors (Lipinski definition) is 1. The maximum atomic E-state index is 12.9. The predicted octanol–water partition coefficient (Wildman–Crippen LogP) is 4.27. The first-order valence-electron chi connectivity index (χ1n) is 5.92. The summed E-state index contributed by atoms with van der Waals surface area (Å²) in [5.74, 6) is -1.30. The molecule has 100 valence electrons. The lowest BCUT2D eigenvalue weighted by atomic mass is 9.84. The molecule has 1 aliphatic carbocycles. The van der Waals surface area contributed by atoms with Crippen molar-refractivity contribution in [2.24, 2.45) is 5.92 Å². The van der Waals surface area contributed by atoms with Crippen LogP contribution in [-0.2, 0) is 0 Å². The average Bonchev–Trinajstić information content (AvgIpc) is 2.31. The number of nitrogens with one attached hydrogen (secondary N) is 1. The van der Waals surface area contributed by atoms with Crippen molar-refractivity contribution < 1.29 is 13.2 Å². The fraction of sp³-hybridized carbons (Fsp3) is 0.583. The minimum absolute atomic E-state index is 0.180. The molecule has 2 unspecified atom stereocenters. The lowest BCUT2D eigenvalue weighted by Crippen LogP contribution is -2.41. The van der Waals surface area contributed by atoms with E-state index in [2.05, 4.69) is 10.3 Å². The van der Waals surface area contributed by atoms with E-state index >= 15 is 0 Å². The summed E-state index contributed by atoms with van der Waals surface area (Å²) in [6.45, 7) is 0. The quantitative estimate of drug-likeness (QED) is 0.817. The summed E-state index contributed by atoms with van der Waals surface area (Å²) < 4.78 is 38.7. The van der Waals surface area contributed by atoms with Crippen LogP contribution in [0.1, 0.15) is 25.7 Å². The summed E-state index contributed by atoms with van der Waals surface area (Å²) in [6, 6.07) is 2.69. The maximum absolute atomic E-state index is 12.9. The van der Waals surface area contributed by atoms with Gasteiger partial charge in [0.15, 0.2) is 5.15 Å². The van der Waals surface area contributed by atoms with Gasteiger partial charge in [-0.1, -0.05) is 24.4 Å². The molecular weight excluding hydrogens is 265 g/mol. The van der Waals surface area contributed by atoms with Crippen LogP contribution in [0.25, 0.3) is 0 Å². The van der Waals surface area contributed by atoms with Gasteiger partial charge in [-0.2, -0.15) is 13.2 Å². The minimum atomic E-state index is -4.16. The highest BCUT2D eigenvalue weighted by Gasteiger charge is 2.45. The Bertz CT molecular complexity index is 409. The molecule has 0 saturated heterocycles. The largest absolute Gasteiger partial charge is 0.393 e. The first-order valence-corrected chi connectivity index (χ1v) is 6.30. The smallest absolute Gasteiger partial charge is 0.379 e. The summed E-state index contributed by atoms with van der Waals surface area (Å²) in [5, 5.41) is 3.10. The molecule has 1 saturated carbocycles. The van der Waals surface area contributed by atoms with E-state index in [1.807, 2.05) is 0 Å². The Balaban J connectivity index is 2.13. The van der Waals surface area contributed by atoms with Crippen molar-refractivity contribution >= 4 is 17.3 Å². The molecule has 1 fully saturated rings. The SMILES string of the molecule is FC(F)(F)C1CCCCC1Nc1cccnc1Cl. The van der Waals surface area contributed by atoms with Gasteiger partial charge in [0.1, 0.15) is 0 Å². The van der Waals surface area contributed by atoms with Crippen LogP contribution in [0.15, 0.2) is 18.3 Å². The second-order valence-corrected chi connectivity index (χ2v) is 4.88. The number of anilines is 1. The third-order valence-corrected chi connectivity index (χ3v) is 3.59. The summed E-state index contributed by atoms with van der Waals surface area (Å²) in [6.07, 6.45) is -0.526. The lowest BCUT2D eigenvalue weighted by molar-refractivity contribution is -0.184. The van der Waals surface area contributed by atoms with Crippen LogP contribution >= 0.6 is 11.6 Å². The van der Waals surface area contributed by atoms with Gasteiger partial charge >= 0.3 is 6.18 Å². The monoisotopic (exact) mass is 278 g/mol. The molecule has 0 bridgehead atoms. The normalized spacial score (nSPS) is 24.9. The zero-order chi connectivity index (χ0) is 13.2. The molecule has 0 radical (unpaired) electrons. The minimum Gasteiger partial charge on any atom is -0.379 e. The molecule has 1 aliphatic rings. The molecular formula is C12H14ClF3N2. The van der Waals surface area contributed by atoms with Crippen LogP contribution in [0.3, 0.4) is 0 Å². The van der Waals surface area contributed by atoms with E-state index in [4.69, 9.17) is 11.6 Å². The van der Waals surface area contributed by atoms with E-state index in [0.717, 1.165) is 6.42 Å². The van der Waals surface area contributed by atoms with Gasteiger partial charge in [0.05, 0.1) is 11.6 Å². The van der Waals surface area contributed by atoms with E-state index in [9.17, 15) is 13.2 Å². The predicted molar refractivity (Wildman–Crippen MR) is 64.7 cm³/mol. The first-order chi connectivity index (χ1) is 8.48. The number of nitrogens with zero attached hydrogens (tertiary/aromatic N) is 1. The highest BCUT2D eigenvalue weighted by atomic mass is 35.5. The van der Waals surface area contributed by atoms with Crippen molar-refractivity contribution in [1.82, 2.24) is 4.98 Å². The highest BCUT2D eigenvalue weighted by Crippen LogP contribution is 2.39. The van der Waals surface area contributed by atoms with Crippen LogP contribution < -0.4 is 5.32 Å². The zero-order valence-corrected chi connectivity index (χ0v) is 10.4. The molecule has 6 heteroatoms. The molecule has 0 aromatic carbocycles. The van der Waals surface area contributed by atoms with Gasteiger partial charge in [-0.15, -0.1) is 0 Å². The molecule has 2 nitrogen and oxygen atoms in total. The van der Waals surface area contributed by atoms with Gasteiger partial charge in [-0.25, -0.2) is 4.98 Å². The summed E-state index contributed by atoms with van der Waals surface area (Å²) in [4.78, 5) is 3.85. The van der Waals surface area contributed by atoms with Gasteiger partial charge in [-0.05, 0) is 25.0 Å². The zero-order valence-electron chi connectivity index (χ0n) is 9.67. The number of halogens is 4. The number of rotatable bonds is 2. The maximum Gasteiger partial charge on any atom is 0.393 e. The first kappa shape index (κ1) is 13.5. The third kappa shape index (κ3) is 3.07. The van der Waals surface area contributed by atoms with Gasteiger partial charge in [0.25, 0.3) is 0 Å². The fourth-order valence-electron chi connectivity index (χ4n) is 2.39. The van der Waals surface area contributed by atoms with Crippen molar-refractivity contribution in [3.8, 4) is 0 Å². The molecule has 1 N–H and O–H groups in total. The molecule has 1 heterocycles. The Labute approximate surface area is 109 Å². The summed E-state index contributed by atoms with van der Waals surface area (Å²) in [5.41, 5.74) is 0.473. The van der Waals surface area contributed by atoms with Crippen molar-refractivity contribution in [2.75, 3.05) is 5.32 Å². The Hall–Kier alpha value is -0.970. The molecule has 1 aromatic heterocycles. The third-order valence-electron chi connectivity index (χ3n) is 3.29. The van der Waals surface area contributed by atoms with Crippen LogP contribution in [0.4, 0.5) is 18.9 Å². The Kier molecular flexibility index (Phi) is 4.00. The summed E-state index contributed by atoms with van der Waals surface area (Å²) >= 11 is 5.85. The Morgan fingerprint density at radius 1 is 1.28 bits per heavy atom. The van der Waals surface area contributed by atoms with Crippen LogP contribution in [-0.4, -0.2) is 17.2 Å². The number of aromatic nitrogens is 1. The van der Waals surface area contributed by atoms with Crippen molar-refractivity contribution in [3.05, 3.63) is 23.5 Å². The molecule has 0 amide bonds. The average molecular weight is 279 g/mol. The van der Waals surface area contributed by atoms with E-state index in [1.165, 1.54) is 6.20 Å². The van der Waals surface area contributed by atoms with E-state index in [-0.39, 0.29) is 11.6 Å². The molecule has 18 heavy (non-hydrogen) atoms. The van der Waals surface area contributed by atoms with E-state index in [1.54, 1.807) is 12.1 Å². The molecule has 1 aromatic rings. The van der Waals surface area contributed by atoms with E-state index < -0.39 is 18.1 Å². The summed E-state index contributed by atoms with van der Waals surface area (Å²) in [7, 11) is 0. The number of pyridine rings is 1. The topological polar surface area (TPSA) is 24.9 Å². The molecule has 0 spiro atoms. The Morgan fingerprint density at radius 2 is 2.00 bits per heavy atom. The van der Waals surface area contributed by atoms with Gasteiger partial charge in [0, 0.05) is 12.2 Å². The van der Waals surface area contributed by atoms with Crippen LogP contribution in [0, 0.1) is 5.92 Å². The number of alkyl halides is 3. The second-order valence-electron chi connectivity index (χ2n) is 4.53. The van der Waals surface area contributed by atoms with Crippen molar-refractivity contribution in [3.63, 3.8) is 0 Å².